The summed E-state index contributed by atoms with van der Waals surface area (Å²) in [7, 11) is 0. The van der Waals surface area contributed by atoms with E-state index in [1.165, 1.54) is 19.8 Å². The number of rotatable bonds is 9. The average Bonchev–Trinajstić information content (AvgIpc) is 2.85. The van der Waals surface area contributed by atoms with Crippen LogP contribution in [0.3, 0.4) is 0 Å². The molecule has 8 heteroatoms. The standard InChI is InChI=1S/C27H26Cl2N4O2/c1-3-4-5-10-30-25-9-7-19(14-32-25)33-26-20-11-17(18-12-22(28)27(35)23(29)13-18)6-8-24(20)31-15-21(26)16(2)34/h6-9,11-15,35H,3-5,10H2,1-2H3,(H,30,32)(H,31,33). The van der Waals surface area contributed by atoms with Crippen molar-refractivity contribution in [3.63, 3.8) is 0 Å². The highest BCUT2D eigenvalue weighted by atomic mass is 35.5. The molecule has 0 atom stereocenters. The van der Waals surface area contributed by atoms with Gasteiger partial charge in [-0.25, -0.2) is 4.98 Å². The zero-order chi connectivity index (χ0) is 24.9. The number of hydrogen-bond donors (Lipinski definition) is 3. The number of hydrogen-bond acceptors (Lipinski definition) is 6. The molecule has 3 N–H and O–H groups in total. The van der Waals surface area contributed by atoms with Crippen molar-refractivity contribution in [3.8, 4) is 16.9 Å². The van der Waals surface area contributed by atoms with Crippen LogP contribution in [-0.4, -0.2) is 27.4 Å². The largest absolute Gasteiger partial charge is 0.505 e. The monoisotopic (exact) mass is 508 g/mol. The first-order chi connectivity index (χ1) is 16.9. The Balaban J connectivity index is 1.71. The molecule has 0 amide bonds. The number of benzene rings is 2. The van der Waals surface area contributed by atoms with Gasteiger partial charge in [-0.3, -0.25) is 9.78 Å². The molecule has 0 saturated heterocycles. The minimum absolute atomic E-state index is 0.106. The van der Waals surface area contributed by atoms with Gasteiger partial charge in [0.05, 0.1) is 38.7 Å². The van der Waals surface area contributed by atoms with E-state index in [0.29, 0.717) is 11.3 Å². The number of ketones is 1. The number of fused-ring (bicyclic) bond motifs is 1. The Morgan fingerprint density at radius 3 is 2.40 bits per heavy atom. The number of aromatic hydroxyl groups is 1. The van der Waals surface area contributed by atoms with Gasteiger partial charge in [-0.15, -0.1) is 0 Å². The van der Waals surface area contributed by atoms with Crippen LogP contribution in [0.5, 0.6) is 5.75 Å². The van der Waals surface area contributed by atoms with Crippen molar-refractivity contribution in [3.05, 3.63) is 70.5 Å². The van der Waals surface area contributed by atoms with Crippen molar-refractivity contribution in [2.75, 3.05) is 17.2 Å². The van der Waals surface area contributed by atoms with Gasteiger partial charge in [0.2, 0.25) is 0 Å². The fourth-order valence-electron chi connectivity index (χ4n) is 3.81. The molecule has 6 nitrogen and oxygen atoms in total. The zero-order valence-corrected chi connectivity index (χ0v) is 21.0. The molecule has 2 heterocycles. The molecule has 0 unspecified atom stereocenters. The molecule has 2 aromatic carbocycles. The summed E-state index contributed by atoms with van der Waals surface area (Å²) in [5.41, 5.74) is 4.14. The summed E-state index contributed by atoms with van der Waals surface area (Å²) in [6.45, 7) is 4.57. The molecule has 0 fully saturated rings. The third-order valence-electron chi connectivity index (χ3n) is 5.72. The normalized spacial score (nSPS) is 11.0. The Morgan fingerprint density at radius 1 is 0.971 bits per heavy atom. The Kier molecular flexibility index (Phi) is 7.73. The summed E-state index contributed by atoms with van der Waals surface area (Å²) in [4.78, 5) is 21.4. The summed E-state index contributed by atoms with van der Waals surface area (Å²) in [5.74, 6) is 0.545. The topological polar surface area (TPSA) is 87.1 Å². The maximum absolute atomic E-state index is 12.4. The smallest absolute Gasteiger partial charge is 0.163 e. The van der Waals surface area contributed by atoms with E-state index in [1.54, 1.807) is 24.5 Å². The first-order valence-electron chi connectivity index (χ1n) is 11.5. The molecule has 0 spiro atoms. The summed E-state index contributed by atoms with van der Waals surface area (Å²) < 4.78 is 0. The lowest BCUT2D eigenvalue weighted by Gasteiger charge is -2.15. The van der Waals surface area contributed by atoms with E-state index >= 15 is 0 Å². The number of aromatic nitrogens is 2. The number of nitrogens with zero attached hydrogens (tertiary/aromatic N) is 2. The van der Waals surface area contributed by atoms with E-state index in [9.17, 15) is 9.90 Å². The number of anilines is 3. The van der Waals surface area contributed by atoms with Gasteiger partial charge >= 0.3 is 0 Å². The number of phenols is 1. The summed E-state index contributed by atoms with van der Waals surface area (Å²) in [6.07, 6.45) is 6.77. The molecule has 0 radical (unpaired) electrons. The van der Waals surface area contributed by atoms with E-state index in [1.807, 2.05) is 30.3 Å². The highest BCUT2D eigenvalue weighted by Crippen LogP contribution is 2.38. The second-order valence-electron chi connectivity index (χ2n) is 8.31. The molecule has 180 valence electrons. The Bertz CT molecular complexity index is 1350. The maximum Gasteiger partial charge on any atom is 0.163 e. The van der Waals surface area contributed by atoms with E-state index in [4.69, 9.17) is 23.2 Å². The van der Waals surface area contributed by atoms with Crippen LogP contribution in [-0.2, 0) is 0 Å². The SMILES string of the molecule is CCCCCNc1ccc(Nc2c(C(C)=O)cnc3ccc(-c4cc(Cl)c(O)c(Cl)c4)cc23)cn1. The first-order valence-corrected chi connectivity index (χ1v) is 12.2. The van der Waals surface area contributed by atoms with Crippen molar-refractivity contribution < 1.29 is 9.90 Å². The summed E-state index contributed by atoms with van der Waals surface area (Å²) in [6, 6.07) is 12.8. The quantitative estimate of drug-likeness (QED) is 0.157. The highest BCUT2D eigenvalue weighted by Gasteiger charge is 2.15. The lowest BCUT2D eigenvalue weighted by Crippen LogP contribution is -2.05. The van der Waals surface area contributed by atoms with E-state index in [-0.39, 0.29) is 21.6 Å². The number of phenolic OH excluding ortho intramolecular Hbond substituents is 1. The van der Waals surface area contributed by atoms with Gasteiger partial charge in [0.1, 0.15) is 5.82 Å². The van der Waals surface area contributed by atoms with Crippen molar-refractivity contribution >= 4 is 57.1 Å². The molecular weight excluding hydrogens is 483 g/mol. The van der Waals surface area contributed by atoms with Gasteiger partial charge in [0, 0.05) is 18.1 Å². The van der Waals surface area contributed by atoms with Gasteiger partial charge in [0.25, 0.3) is 0 Å². The molecule has 0 saturated carbocycles. The van der Waals surface area contributed by atoms with Crippen LogP contribution in [0.4, 0.5) is 17.2 Å². The van der Waals surface area contributed by atoms with E-state index in [0.717, 1.165) is 46.5 Å². The van der Waals surface area contributed by atoms with Crippen molar-refractivity contribution in [2.45, 2.75) is 33.1 Å². The third-order valence-corrected chi connectivity index (χ3v) is 6.29. The Labute approximate surface area is 214 Å². The lowest BCUT2D eigenvalue weighted by atomic mass is 10.00. The van der Waals surface area contributed by atoms with Gasteiger partial charge < -0.3 is 15.7 Å². The van der Waals surface area contributed by atoms with Crippen LogP contribution < -0.4 is 10.6 Å². The number of carbonyl (C=O) groups is 1. The predicted molar refractivity (Wildman–Crippen MR) is 144 cm³/mol. The van der Waals surface area contributed by atoms with Gasteiger partial charge in [-0.2, -0.15) is 0 Å². The average molecular weight is 509 g/mol. The number of Topliss-reactive ketones (excluding diaryl/α,β-unsaturated/α-hetero) is 1. The molecule has 4 rings (SSSR count). The van der Waals surface area contributed by atoms with Crippen LogP contribution in [0.2, 0.25) is 10.0 Å². The molecule has 0 aliphatic carbocycles. The number of carbonyl (C=O) groups excluding carboxylic acids is 1. The van der Waals surface area contributed by atoms with Gasteiger partial charge in [-0.05, 0) is 60.9 Å². The van der Waals surface area contributed by atoms with Crippen LogP contribution in [0.1, 0.15) is 43.5 Å². The Morgan fingerprint density at radius 2 is 1.74 bits per heavy atom. The van der Waals surface area contributed by atoms with Gasteiger partial charge in [0.15, 0.2) is 11.5 Å². The van der Waals surface area contributed by atoms with Crippen molar-refractivity contribution in [1.82, 2.24) is 9.97 Å². The highest BCUT2D eigenvalue weighted by molar-refractivity contribution is 6.37. The molecule has 0 aliphatic heterocycles. The van der Waals surface area contributed by atoms with Crippen molar-refractivity contribution in [2.24, 2.45) is 0 Å². The molecule has 0 aliphatic rings. The number of pyridine rings is 2. The van der Waals surface area contributed by atoms with E-state index < -0.39 is 0 Å². The minimum atomic E-state index is -0.156. The second-order valence-corrected chi connectivity index (χ2v) is 9.13. The second kappa shape index (κ2) is 10.9. The molecule has 0 bridgehead atoms. The minimum Gasteiger partial charge on any atom is -0.505 e. The predicted octanol–water partition coefficient (Wildman–Crippen LogP) is 7.86. The third kappa shape index (κ3) is 5.66. The molecular formula is C27H26Cl2N4O2. The fraction of sp³-hybridized carbons (Fsp3) is 0.222. The van der Waals surface area contributed by atoms with Crippen molar-refractivity contribution in [1.29, 1.82) is 0 Å². The zero-order valence-electron chi connectivity index (χ0n) is 19.5. The summed E-state index contributed by atoms with van der Waals surface area (Å²) >= 11 is 12.3. The van der Waals surface area contributed by atoms with Crippen LogP contribution in [0.15, 0.2) is 54.9 Å². The van der Waals surface area contributed by atoms with Crippen LogP contribution in [0, 0.1) is 0 Å². The van der Waals surface area contributed by atoms with Crippen LogP contribution >= 0.6 is 23.2 Å². The number of halogens is 2. The molecule has 4 aromatic rings. The fourth-order valence-corrected chi connectivity index (χ4v) is 4.30. The lowest BCUT2D eigenvalue weighted by molar-refractivity contribution is 0.101. The molecule has 2 aromatic heterocycles. The Hall–Kier alpha value is -3.35. The summed E-state index contributed by atoms with van der Waals surface area (Å²) in [5, 5.41) is 17.7. The van der Waals surface area contributed by atoms with Gasteiger partial charge in [-0.1, -0.05) is 49.0 Å². The van der Waals surface area contributed by atoms with E-state index in [2.05, 4.69) is 27.5 Å². The molecule has 35 heavy (non-hydrogen) atoms. The number of nitrogens with one attached hydrogen (secondary N) is 2. The number of unbranched alkanes of at least 4 members (excludes halogenated alkanes) is 2. The van der Waals surface area contributed by atoms with Crippen LogP contribution in [0.25, 0.3) is 22.0 Å². The maximum atomic E-state index is 12.4. The first kappa shape index (κ1) is 24.8.